The molecule has 0 aliphatic carbocycles. The summed E-state index contributed by atoms with van der Waals surface area (Å²) in [6, 6.07) is 5.17. The van der Waals surface area contributed by atoms with Gasteiger partial charge in [0.1, 0.15) is 23.3 Å². The summed E-state index contributed by atoms with van der Waals surface area (Å²) >= 11 is 12.1. The fourth-order valence-corrected chi connectivity index (χ4v) is 2.93. The summed E-state index contributed by atoms with van der Waals surface area (Å²) in [7, 11) is 0. The van der Waals surface area contributed by atoms with Crippen LogP contribution in [0.5, 0.6) is 0 Å². The number of benzene rings is 1. The number of carbonyl (C=O) groups excluding carboxylic acids is 1. The van der Waals surface area contributed by atoms with Crippen molar-refractivity contribution >= 4 is 29.3 Å². The van der Waals surface area contributed by atoms with Crippen molar-refractivity contribution in [2.45, 2.75) is 12.0 Å². The molecule has 0 unspecified atom stereocenters. The van der Waals surface area contributed by atoms with Gasteiger partial charge in [-0.25, -0.2) is 0 Å². The summed E-state index contributed by atoms with van der Waals surface area (Å²) in [4.78, 5) is 15.4. The van der Waals surface area contributed by atoms with Crippen LogP contribution in [0.15, 0.2) is 23.3 Å². The molecule has 25 heavy (non-hydrogen) atoms. The van der Waals surface area contributed by atoms with E-state index < -0.39 is 6.09 Å². The molecule has 8 nitrogen and oxygen atoms in total. The van der Waals surface area contributed by atoms with Crippen molar-refractivity contribution in [2.24, 2.45) is 5.11 Å². The second-order valence-electron chi connectivity index (χ2n) is 5.44. The Hall–Kier alpha value is -1.70. The van der Waals surface area contributed by atoms with Crippen LogP contribution in [-0.4, -0.2) is 56.6 Å². The minimum absolute atomic E-state index is 0.209. The van der Waals surface area contributed by atoms with Gasteiger partial charge in [-0.3, -0.25) is 0 Å². The number of carbonyl (C=O) groups is 1. The maximum absolute atomic E-state index is 11.3. The van der Waals surface area contributed by atoms with Gasteiger partial charge in [-0.15, -0.1) is 0 Å². The summed E-state index contributed by atoms with van der Waals surface area (Å²) < 4.78 is 11.3. The quantitative estimate of drug-likeness (QED) is 0.453. The molecule has 1 saturated heterocycles. The van der Waals surface area contributed by atoms with Crippen LogP contribution >= 0.6 is 23.2 Å². The topological polar surface area (TPSA) is 112 Å². The van der Waals surface area contributed by atoms with E-state index in [0.29, 0.717) is 16.7 Å². The van der Waals surface area contributed by atoms with Crippen LogP contribution in [0.4, 0.5) is 4.79 Å². The average molecular weight is 389 g/mol. The van der Waals surface area contributed by atoms with E-state index in [0.717, 1.165) is 5.56 Å². The second-order valence-corrected chi connectivity index (χ2v) is 6.26. The smallest absolute Gasteiger partial charge is 0.214 e. The maximum Gasteiger partial charge on any atom is 0.214 e. The van der Waals surface area contributed by atoms with Crippen molar-refractivity contribution in [2.75, 3.05) is 39.5 Å². The number of nitrogens with one attached hydrogen (secondary N) is 1. The Morgan fingerprint density at radius 3 is 2.96 bits per heavy atom. The van der Waals surface area contributed by atoms with Gasteiger partial charge in [-0.1, -0.05) is 29.3 Å². The number of hydrogen-bond acceptors (Lipinski definition) is 6. The highest BCUT2D eigenvalue weighted by atomic mass is 35.5. The number of halogens is 2. The molecule has 0 bridgehead atoms. The zero-order valence-corrected chi connectivity index (χ0v) is 14.9. The normalized spacial score (nSPS) is 20.6. The van der Waals surface area contributed by atoms with E-state index >= 15 is 0 Å². The third-order valence-electron chi connectivity index (χ3n) is 3.88. The van der Waals surface area contributed by atoms with Crippen molar-refractivity contribution in [3.8, 4) is 0 Å². The zero-order chi connectivity index (χ0) is 18.2. The standard InChI is InChI=1S/C15H18Cl2N4O4/c16-12-2-1-10(7-13(12)17)11-8-21(15(22)23)4-6-25-14(11)9-24-5-3-19-20-18/h1-2,7,11,14,18H,3-6,8-9H2/t11-,14-/m0/s1. The lowest BCUT2D eigenvalue weighted by Crippen LogP contribution is -2.44. The molecule has 2 atom stereocenters. The first-order valence-electron chi connectivity index (χ1n) is 7.66. The first-order chi connectivity index (χ1) is 12.0. The van der Waals surface area contributed by atoms with E-state index in [9.17, 15) is 9.90 Å². The summed E-state index contributed by atoms with van der Waals surface area (Å²) in [5, 5.41) is 15.6. The molecule has 0 spiro atoms. The fourth-order valence-electron chi connectivity index (χ4n) is 2.62. The number of ether oxygens (including phenoxy) is 2. The lowest BCUT2D eigenvalue weighted by Gasteiger charge is -2.29. The number of rotatable bonds is 6. The van der Waals surface area contributed by atoms with Gasteiger partial charge in [0.05, 0.1) is 36.0 Å². The van der Waals surface area contributed by atoms with Gasteiger partial charge in [0.2, 0.25) is 4.91 Å². The number of amides is 1. The number of nitrogens with zero attached hydrogens (tertiary/aromatic N) is 3. The van der Waals surface area contributed by atoms with Crippen LogP contribution in [0.3, 0.4) is 0 Å². The molecule has 136 valence electrons. The van der Waals surface area contributed by atoms with Crippen LogP contribution in [0, 0.1) is 5.53 Å². The fraction of sp³-hybridized carbons (Fsp3) is 0.533. The minimum Gasteiger partial charge on any atom is -0.530 e. The molecule has 0 radical (unpaired) electrons. The average Bonchev–Trinajstić information content (AvgIpc) is 2.80. The maximum atomic E-state index is 11.3. The molecule has 1 fully saturated rings. The van der Waals surface area contributed by atoms with Crippen LogP contribution in [0.1, 0.15) is 11.5 Å². The Morgan fingerprint density at radius 1 is 1.48 bits per heavy atom. The molecule has 1 aliphatic heterocycles. The molecule has 0 saturated carbocycles. The van der Waals surface area contributed by atoms with Crippen molar-refractivity contribution < 1.29 is 19.4 Å². The lowest BCUT2D eigenvalue weighted by molar-refractivity contribution is -0.265. The molecule has 1 aliphatic rings. The molecule has 1 aromatic carbocycles. The number of hydrogen-bond donors (Lipinski definition) is 1. The van der Waals surface area contributed by atoms with Crippen molar-refractivity contribution in [1.82, 2.24) is 9.81 Å². The first-order valence-corrected chi connectivity index (χ1v) is 8.42. The number of carboxylic acid groups (broad SMARTS) is 1. The SMILES string of the molecule is N=[N+]=NCCOC[C@@H]1OCCN(C(=O)[O-])C[C@H]1c1ccc(Cl)c(Cl)c1. The molecule has 1 amide bonds. The summed E-state index contributed by atoms with van der Waals surface area (Å²) in [6.45, 7) is 1.50. The molecule has 1 N–H and O–H groups in total. The molecule has 10 heteroatoms. The van der Waals surface area contributed by atoms with E-state index in [-0.39, 0.29) is 44.9 Å². The van der Waals surface area contributed by atoms with Gasteiger partial charge in [-0.05, 0) is 17.7 Å². The van der Waals surface area contributed by atoms with Gasteiger partial charge < -0.3 is 24.3 Å². The zero-order valence-electron chi connectivity index (χ0n) is 13.4. The largest absolute Gasteiger partial charge is 0.530 e. The van der Waals surface area contributed by atoms with Gasteiger partial charge in [0.25, 0.3) is 0 Å². The first kappa shape index (κ1) is 19.6. The van der Waals surface area contributed by atoms with Crippen molar-refractivity contribution in [3.63, 3.8) is 0 Å². The van der Waals surface area contributed by atoms with Crippen LogP contribution < -0.4 is 10.0 Å². The predicted molar refractivity (Wildman–Crippen MR) is 88.9 cm³/mol. The van der Waals surface area contributed by atoms with Gasteiger partial charge >= 0.3 is 0 Å². The van der Waals surface area contributed by atoms with E-state index in [1.54, 1.807) is 18.2 Å². The predicted octanol–water partition coefficient (Wildman–Crippen LogP) is 1.69. The third kappa shape index (κ3) is 5.66. The highest BCUT2D eigenvalue weighted by Crippen LogP contribution is 2.31. The van der Waals surface area contributed by atoms with E-state index in [4.69, 9.17) is 38.2 Å². The van der Waals surface area contributed by atoms with Gasteiger partial charge in [-0.2, -0.15) is 0 Å². The van der Waals surface area contributed by atoms with Crippen molar-refractivity contribution in [1.29, 1.82) is 5.53 Å². The van der Waals surface area contributed by atoms with Gasteiger partial charge in [0, 0.05) is 19.0 Å². The minimum atomic E-state index is -1.24. The van der Waals surface area contributed by atoms with Crippen LogP contribution in [-0.2, 0) is 9.47 Å². The van der Waals surface area contributed by atoms with Crippen LogP contribution in [0.2, 0.25) is 10.0 Å². The van der Waals surface area contributed by atoms with E-state index in [1.165, 1.54) is 4.90 Å². The monoisotopic (exact) mass is 388 g/mol. The Labute approximate surface area is 154 Å². The Kier molecular flexibility index (Phi) is 7.61. The Bertz CT molecular complexity index is 654. The van der Waals surface area contributed by atoms with Crippen LogP contribution in [0.25, 0.3) is 0 Å². The molecular formula is C15H18Cl2N4O4. The summed E-state index contributed by atoms with van der Waals surface area (Å²) in [6.07, 6.45) is -1.61. The third-order valence-corrected chi connectivity index (χ3v) is 4.62. The molecule has 0 aromatic heterocycles. The highest BCUT2D eigenvalue weighted by molar-refractivity contribution is 6.42. The van der Waals surface area contributed by atoms with E-state index in [2.05, 4.69) is 10.0 Å². The molecular weight excluding hydrogens is 371 g/mol. The molecule has 2 rings (SSSR count). The molecule has 1 heterocycles. The summed E-state index contributed by atoms with van der Waals surface area (Å²) in [5.41, 5.74) is 7.40. The highest BCUT2D eigenvalue weighted by Gasteiger charge is 2.30. The van der Waals surface area contributed by atoms with Gasteiger partial charge in [0.15, 0.2) is 0 Å². The Balaban J connectivity index is 2.16. The second kappa shape index (κ2) is 9.70. The van der Waals surface area contributed by atoms with E-state index in [1.807, 2.05) is 0 Å². The summed E-state index contributed by atoms with van der Waals surface area (Å²) in [5.74, 6) is -0.284. The lowest BCUT2D eigenvalue weighted by atomic mass is 9.93. The Morgan fingerprint density at radius 2 is 2.28 bits per heavy atom. The molecule has 1 aromatic rings. The van der Waals surface area contributed by atoms with Crippen molar-refractivity contribution in [3.05, 3.63) is 33.8 Å².